The molecule has 2 amide bonds. The van der Waals surface area contributed by atoms with Crippen molar-refractivity contribution in [1.82, 2.24) is 4.90 Å². The minimum atomic E-state index is -0.422. The number of likely N-dealkylation sites (tertiary alicyclic amines) is 1. The lowest BCUT2D eigenvalue weighted by Crippen LogP contribution is -2.37. The number of anilines is 2. The van der Waals surface area contributed by atoms with Crippen LogP contribution in [0.4, 0.5) is 15.8 Å². The first-order valence-electron chi connectivity index (χ1n) is 9.68. The molecule has 0 bridgehead atoms. The Morgan fingerprint density at radius 1 is 1.14 bits per heavy atom. The molecular formula is C22H24FN3O2. The monoisotopic (exact) mass is 381 g/mol. The molecule has 2 aromatic rings. The number of nitrogens with zero attached hydrogens (tertiary/aromatic N) is 2. The number of halogens is 1. The van der Waals surface area contributed by atoms with Crippen molar-refractivity contribution in [2.45, 2.75) is 25.8 Å². The summed E-state index contributed by atoms with van der Waals surface area (Å²) < 4.78 is 14.3. The number of para-hydroxylation sites is 1. The smallest absolute Gasteiger partial charge is 0.228 e. The Morgan fingerprint density at radius 2 is 1.93 bits per heavy atom. The standard InChI is InChI=1S/C22H24FN3O2/c1-15-7-8-20(19(23)11-15)26-13-16(12-21(26)27)22(28)25-10-9-18(14-25)24-17-5-3-2-4-6-17/h2-8,11,16,18,24H,9-10,12-14H2,1H3. The van der Waals surface area contributed by atoms with E-state index in [-0.39, 0.29) is 36.5 Å². The van der Waals surface area contributed by atoms with E-state index in [0.717, 1.165) is 17.7 Å². The van der Waals surface area contributed by atoms with Gasteiger partial charge in [0.2, 0.25) is 11.8 Å². The topological polar surface area (TPSA) is 52.7 Å². The number of hydrogen-bond acceptors (Lipinski definition) is 3. The van der Waals surface area contributed by atoms with Crippen LogP contribution >= 0.6 is 0 Å². The van der Waals surface area contributed by atoms with Crippen molar-refractivity contribution in [3.63, 3.8) is 0 Å². The van der Waals surface area contributed by atoms with Crippen molar-refractivity contribution >= 4 is 23.2 Å². The maximum absolute atomic E-state index is 14.3. The minimum Gasteiger partial charge on any atom is -0.380 e. The van der Waals surface area contributed by atoms with Crippen LogP contribution in [0.2, 0.25) is 0 Å². The second-order valence-electron chi connectivity index (χ2n) is 7.64. The molecule has 2 saturated heterocycles. The van der Waals surface area contributed by atoms with Crippen LogP contribution < -0.4 is 10.2 Å². The first-order valence-corrected chi connectivity index (χ1v) is 9.68. The first-order chi connectivity index (χ1) is 13.5. The van der Waals surface area contributed by atoms with Gasteiger partial charge in [0.1, 0.15) is 5.82 Å². The Hall–Kier alpha value is -2.89. The van der Waals surface area contributed by atoms with Crippen molar-refractivity contribution in [1.29, 1.82) is 0 Å². The molecule has 2 aliphatic heterocycles. The van der Waals surface area contributed by atoms with E-state index < -0.39 is 11.7 Å². The molecule has 0 aliphatic carbocycles. The van der Waals surface area contributed by atoms with Crippen molar-refractivity contribution in [3.8, 4) is 0 Å². The number of carbonyl (C=O) groups excluding carboxylic acids is 2. The summed E-state index contributed by atoms with van der Waals surface area (Å²) in [5, 5.41) is 3.45. The Balaban J connectivity index is 1.38. The summed E-state index contributed by atoms with van der Waals surface area (Å²) in [6.45, 7) is 3.34. The second-order valence-corrected chi connectivity index (χ2v) is 7.64. The third kappa shape index (κ3) is 3.72. The summed E-state index contributed by atoms with van der Waals surface area (Å²) in [6, 6.07) is 14.9. The van der Waals surface area contributed by atoms with E-state index in [1.807, 2.05) is 35.2 Å². The molecule has 4 rings (SSSR count). The van der Waals surface area contributed by atoms with Crippen molar-refractivity contribution in [3.05, 3.63) is 59.9 Å². The summed E-state index contributed by atoms with van der Waals surface area (Å²) >= 11 is 0. The quantitative estimate of drug-likeness (QED) is 0.885. The number of nitrogens with one attached hydrogen (secondary N) is 1. The number of hydrogen-bond donors (Lipinski definition) is 1. The molecule has 0 aromatic heterocycles. The van der Waals surface area contributed by atoms with Crippen LogP contribution in [0.3, 0.4) is 0 Å². The summed E-state index contributed by atoms with van der Waals surface area (Å²) in [7, 11) is 0. The van der Waals surface area contributed by atoms with Crippen LogP contribution in [-0.2, 0) is 9.59 Å². The lowest BCUT2D eigenvalue weighted by atomic mass is 10.1. The van der Waals surface area contributed by atoms with Gasteiger partial charge < -0.3 is 15.1 Å². The molecule has 2 heterocycles. The van der Waals surface area contributed by atoms with E-state index >= 15 is 0 Å². The zero-order chi connectivity index (χ0) is 19.7. The first kappa shape index (κ1) is 18.5. The summed E-state index contributed by atoms with van der Waals surface area (Å²) in [6.07, 6.45) is 1.01. The summed E-state index contributed by atoms with van der Waals surface area (Å²) in [4.78, 5) is 28.6. The van der Waals surface area contributed by atoms with Gasteiger partial charge in [-0.15, -0.1) is 0 Å². The van der Waals surface area contributed by atoms with Crippen LogP contribution in [-0.4, -0.2) is 42.4 Å². The molecule has 0 spiro atoms. The number of aryl methyl sites for hydroxylation is 1. The second kappa shape index (κ2) is 7.62. The predicted octanol–water partition coefficient (Wildman–Crippen LogP) is 3.20. The SMILES string of the molecule is Cc1ccc(N2CC(C(=O)N3CCC(Nc4ccccc4)C3)CC2=O)c(F)c1. The highest BCUT2D eigenvalue weighted by molar-refractivity contribution is 6.00. The lowest BCUT2D eigenvalue weighted by Gasteiger charge is -2.22. The van der Waals surface area contributed by atoms with Gasteiger partial charge in [-0.25, -0.2) is 4.39 Å². The highest BCUT2D eigenvalue weighted by atomic mass is 19.1. The van der Waals surface area contributed by atoms with Crippen molar-refractivity contribution < 1.29 is 14.0 Å². The molecule has 0 saturated carbocycles. The summed E-state index contributed by atoms with van der Waals surface area (Å²) in [5.74, 6) is -1.04. The molecule has 5 nitrogen and oxygen atoms in total. The molecule has 6 heteroatoms. The predicted molar refractivity (Wildman–Crippen MR) is 107 cm³/mol. The Kier molecular flexibility index (Phi) is 5.03. The molecule has 2 aliphatic rings. The van der Waals surface area contributed by atoms with E-state index in [1.54, 1.807) is 19.1 Å². The van der Waals surface area contributed by atoms with Crippen LogP contribution in [0.15, 0.2) is 48.5 Å². The van der Waals surface area contributed by atoms with Crippen LogP contribution in [0.5, 0.6) is 0 Å². The van der Waals surface area contributed by atoms with E-state index in [2.05, 4.69) is 5.32 Å². The van der Waals surface area contributed by atoms with E-state index in [1.165, 1.54) is 11.0 Å². The van der Waals surface area contributed by atoms with Gasteiger partial charge in [-0.1, -0.05) is 24.3 Å². The summed E-state index contributed by atoms with van der Waals surface area (Å²) in [5.41, 5.74) is 2.10. The third-order valence-electron chi connectivity index (χ3n) is 5.51. The number of benzene rings is 2. The largest absolute Gasteiger partial charge is 0.380 e. The molecule has 2 atom stereocenters. The minimum absolute atomic E-state index is 0.0132. The average Bonchev–Trinajstić information content (AvgIpc) is 3.29. The van der Waals surface area contributed by atoms with Gasteiger partial charge in [0.15, 0.2) is 0 Å². The normalized spacial score (nSPS) is 22.0. The van der Waals surface area contributed by atoms with Gasteiger partial charge >= 0.3 is 0 Å². The number of carbonyl (C=O) groups is 2. The van der Waals surface area contributed by atoms with Crippen molar-refractivity contribution in [2.24, 2.45) is 5.92 Å². The van der Waals surface area contributed by atoms with Gasteiger partial charge in [-0.2, -0.15) is 0 Å². The molecule has 2 aromatic carbocycles. The molecule has 146 valence electrons. The van der Waals surface area contributed by atoms with Gasteiger partial charge in [-0.3, -0.25) is 9.59 Å². The molecule has 28 heavy (non-hydrogen) atoms. The van der Waals surface area contributed by atoms with E-state index in [4.69, 9.17) is 0 Å². The highest BCUT2D eigenvalue weighted by Gasteiger charge is 2.39. The lowest BCUT2D eigenvalue weighted by molar-refractivity contribution is -0.134. The fourth-order valence-electron chi connectivity index (χ4n) is 4.04. The van der Waals surface area contributed by atoms with Crippen molar-refractivity contribution in [2.75, 3.05) is 29.9 Å². The Bertz CT molecular complexity index is 887. The molecule has 1 N–H and O–H groups in total. The third-order valence-corrected chi connectivity index (χ3v) is 5.51. The van der Waals surface area contributed by atoms with Gasteiger partial charge in [0.25, 0.3) is 0 Å². The fourth-order valence-corrected chi connectivity index (χ4v) is 4.04. The highest BCUT2D eigenvalue weighted by Crippen LogP contribution is 2.30. The van der Waals surface area contributed by atoms with Gasteiger partial charge in [0, 0.05) is 37.8 Å². The maximum Gasteiger partial charge on any atom is 0.228 e. The molecule has 2 fully saturated rings. The molecule has 2 unspecified atom stereocenters. The maximum atomic E-state index is 14.3. The fraction of sp³-hybridized carbons (Fsp3) is 0.364. The zero-order valence-corrected chi connectivity index (χ0v) is 15.9. The van der Waals surface area contributed by atoms with Gasteiger partial charge in [0.05, 0.1) is 11.6 Å². The zero-order valence-electron chi connectivity index (χ0n) is 15.9. The van der Waals surface area contributed by atoms with Crippen LogP contribution in [0.1, 0.15) is 18.4 Å². The number of amides is 2. The van der Waals surface area contributed by atoms with E-state index in [0.29, 0.717) is 13.1 Å². The van der Waals surface area contributed by atoms with E-state index in [9.17, 15) is 14.0 Å². The Labute approximate surface area is 164 Å². The number of rotatable bonds is 4. The molecule has 0 radical (unpaired) electrons. The Morgan fingerprint density at radius 3 is 2.68 bits per heavy atom. The average molecular weight is 381 g/mol. The van der Waals surface area contributed by atoms with Crippen LogP contribution in [0.25, 0.3) is 0 Å². The molecular weight excluding hydrogens is 357 g/mol. The van der Waals surface area contributed by atoms with Gasteiger partial charge in [-0.05, 0) is 43.2 Å². The van der Waals surface area contributed by atoms with Crippen LogP contribution in [0, 0.1) is 18.7 Å².